The smallest absolute Gasteiger partial charge is 0.454 e. The number of hydrogen-bond donors (Lipinski definition) is 3. The van der Waals surface area contributed by atoms with Crippen molar-refractivity contribution in [2.75, 3.05) is 13.2 Å². The summed E-state index contributed by atoms with van der Waals surface area (Å²) in [5.41, 5.74) is 0. The van der Waals surface area contributed by atoms with Crippen LogP contribution in [0, 0.1) is 0 Å². The van der Waals surface area contributed by atoms with Crippen molar-refractivity contribution in [3.63, 3.8) is 0 Å². The van der Waals surface area contributed by atoms with Crippen molar-refractivity contribution in [3.05, 3.63) is 72.9 Å². The largest absolute Gasteiger partial charge is 0.469 e. The van der Waals surface area contributed by atoms with Gasteiger partial charge in [0.25, 0.3) is 0 Å². The van der Waals surface area contributed by atoms with E-state index in [4.69, 9.17) is 19.6 Å². The molecule has 0 aliphatic heterocycles. The Kier molecular flexibility index (Phi) is 20.5. The number of phosphoric acid groups is 1. The first-order valence-electron chi connectivity index (χ1n) is 11.4. The zero-order chi connectivity index (χ0) is 24.6. The lowest BCUT2D eigenvalue weighted by Crippen LogP contribution is -2.25. The Morgan fingerprint density at radius 1 is 0.818 bits per heavy atom. The molecule has 33 heavy (non-hydrogen) atoms. The average Bonchev–Trinajstić information content (AvgIpc) is 2.77. The first-order chi connectivity index (χ1) is 15.9. The van der Waals surface area contributed by atoms with Gasteiger partial charge in [0.05, 0.1) is 13.2 Å². The Balaban J connectivity index is 3.93. The molecule has 0 aliphatic carbocycles. The van der Waals surface area contributed by atoms with Gasteiger partial charge in [-0.2, -0.15) is 0 Å². The maximum atomic E-state index is 11.6. The minimum absolute atomic E-state index is 0.602. The van der Waals surface area contributed by atoms with Gasteiger partial charge in [-0.1, -0.05) is 112 Å². The second kappa shape index (κ2) is 21.8. The lowest BCUT2D eigenvalue weighted by Gasteiger charge is -2.14. The molecule has 0 saturated carbocycles. The maximum Gasteiger partial charge on any atom is 0.469 e. The fourth-order valence-electron chi connectivity index (χ4n) is 2.55. The lowest BCUT2D eigenvalue weighted by molar-refractivity contribution is -0.147. The number of carbonyl (C=O) groups is 1. The van der Waals surface area contributed by atoms with E-state index in [1.54, 1.807) is 18.2 Å². The summed E-state index contributed by atoms with van der Waals surface area (Å²) in [6.45, 7) is 1.02. The van der Waals surface area contributed by atoms with Crippen molar-refractivity contribution in [2.24, 2.45) is 0 Å². The third kappa shape index (κ3) is 24.5. The van der Waals surface area contributed by atoms with E-state index in [0.29, 0.717) is 0 Å². The molecular weight excluding hydrogens is 443 g/mol. The predicted molar refractivity (Wildman–Crippen MR) is 132 cm³/mol. The molecule has 0 aromatic rings. The molecule has 0 spiro atoms. The van der Waals surface area contributed by atoms with Crippen LogP contribution in [0.5, 0.6) is 0 Å². The van der Waals surface area contributed by atoms with Crippen LogP contribution in [0.1, 0.15) is 58.3 Å². The van der Waals surface area contributed by atoms with E-state index in [0.717, 1.165) is 12.5 Å². The molecule has 186 valence electrons. The molecule has 0 aromatic heterocycles. The van der Waals surface area contributed by atoms with Crippen molar-refractivity contribution in [2.45, 2.75) is 64.4 Å². The number of ether oxygens (including phenoxy) is 1. The molecule has 8 heteroatoms. The number of unbranched alkanes of at least 4 members (excludes halogenated alkanes) is 7. The number of hydrogen-bond acceptors (Lipinski definition) is 5. The van der Waals surface area contributed by atoms with Gasteiger partial charge in [-0.25, -0.2) is 9.36 Å². The van der Waals surface area contributed by atoms with Crippen LogP contribution < -0.4 is 0 Å². The second-order valence-electron chi connectivity index (χ2n) is 7.26. The fourth-order valence-corrected chi connectivity index (χ4v) is 2.91. The number of aliphatic hydroxyl groups is 1. The van der Waals surface area contributed by atoms with Crippen molar-refractivity contribution in [1.29, 1.82) is 0 Å². The van der Waals surface area contributed by atoms with Crippen LogP contribution in [-0.2, 0) is 18.6 Å². The monoisotopic (exact) mass is 482 g/mol. The summed E-state index contributed by atoms with van der Waals surface area (Å²) in [4.78, 5) is 28.8. The van der Waals surface area contributed by atoms with Crippen molar-refractivity contribution >= 4 is 13.8 Å². The third-order valence-electron chi connectivity index (χ3n) is 4.26. The number of phosphoric ester groups is 1. The Labute approximate surface area is 198 Å². The number of rotatable bonds is 19. The molecule has 1 unspecified atom stereocenters. The Bertz CT molecular complexity index is 714. The zero-order valence-electron chi connectivity index (χ0n) is 19.5. The van der Waals surface area contributed by atoms with Crippen molar-refractivity contribution in [1.82, 2.24) is 0 Å². The Morgan fingerprint density at radius 3 is 1.88 bits per heavy atom. The van der Waals surface area contributed by atoms with Gasteiger partial charge < -0.3 is 19.6 Å². The van der Waals surface area contributed by atoms with Gasteiger partial charge in [0.2, 0.25) is 0 Å². The topological polar surface area (TPSA) is 113 Å². The zero-order valence-corrected chi connectivity index (χ0v) is 20.4. The van der Waals surface area contributed by atoms with Crippen LogP contribution >= 0.6 is 7.82 Å². The lowest BCUT2D eigenvalue weighted by atomic mass is 10.1. The van der Waals surface area contributed by atoms with E-state index in [1.807, 2.05) is 30.4 Å². The molecule has 0 radical (unpaired) electrons. The molecule has 7 nitrogen and oxygen atoms in total. The normalized spacial score (nSPS) is 14.2. The van der Waals surface area contributed by atoms with E-state index in [9.17, 15) is 9.36 Å². The highest BCUT2D eigenvalue weighted by Gasteiger charge is 2.19. The average molecular weight is 483 g/mol. The van der Waals surface area contributed by atoms with Crippen LogP contribution in [0.3, 0.4) is 0 Å². The Hall–Kier alpha value is -2.02. The second-order valence-corrected chi connectivity index (χ2v) is 8.50. The molecular formula is C25H39O7P. The molecule has 0 fully saturated rings. The highest BCUT2D eigenvalue weighted by Crippen LogP contribution is 2.35. The number of aliphatic hydroxyl groups excluding tert-OH is 1. The van der Waals surface area contributed by atoms with Gasteiger partial charge in [0, 0.05) is 6.08 Å². The minimum Gasteiger partial charge on any atom is -0.454 e. The standard InChI is InChI=1S/C25H39O7P/c1-2-3-4-5-6-7-8-9-10-11-12-13-14-15-16-17-18-19-20-21-25(27)32-24(22-26)23-31-33(28,29)30/h10-21,24,26H,2-9,22-23H2,1H3,(H2,28,29,30). The quantitative estimate of drug-likeness (QED) is 0.0735. The molecule has 3 N–H and O–H groups in total. The molecule has 1 atom stereocenters. The molecule has 0 rings (SSSR count). The number of esters is 1. The van der Waals surface area contributed by atoms with Gasteiger partial charge >= 0.3 is 13.8 Å². The molecule has 0 heterocycles. The van der Waals surface area contributed by atoms with Crippen LogP contribution in [0.25, 0.3) is 0 Å². The summed E-state index contributed by atoms with van der Waals surface area (Å²) in [5.74, 6) is -0.762. The van der Waals surface area contributed by atoms with Crippen LogP contribution in [-0.4, -0.2) is 40.2 Å². The first kappa shape index (κ1) is 31.0. The summed E-state index contributed by atoms with van der Waals surface area (Å²) in [5, 5.41) is 9.03. The van der Waals surface area contributed by atoms with E-state index in [-0.39, 0.29) is 0 Å². The van der Waals surface area contributed by atoms with Gasteiger partial charge in [-0.05, 0) is 12.8 Å². The van der Waals surface area contributed by atoms with Crippen LogP contribution in [0.2, 0.25) is 0 Å². The SMILES string of the molecule is CCCCCCCCCC=CC=CC=CC=CC=CC=CC(=O)OC(CO)COP(=O)(O)O. The van der Waals surface area contributed by atoms with Crippen molar-refractivity contribution < 1.29 is 33.5 Å². The number of allylic oxidation sites excluding steroid dienone is 11. The van der Waals surface area contributed by atoms with Crippen LogP contribution in [0.15, 0.2) is 72.9 Å². The molecule has 0 bridgehead atoms. The summed E-state index contributed by atoms with van der Waals surface area (Å²) in [6, 6.07) is 0. The summed E-state index contributed by atoms with van der Waals surface area (Å²) >= 11 is 0. The van der Waals surface area contributed by atoms with Gasteiger partial charge in [0.15, 0.2) is 0 Å². The van der Waals surface area contributed by atoms with E-state index in [2.05, 4.69) is 23.6 Å². The van der Waals surface area contributed by atoms with Gasteiger partial charge in [0.1, 0.15) is 6.10 Å². The van der Waals surface area contributed by atoms with Gasteiger partial charge in [-0.3, -0.25) is 4.52 Å². The third-order valence-corrected chi connectivity index (χ3v) is 4.74. The maximum absolute atomic E-state index is 11.6. The van der Waals surface area contributed by atoms with Gasteiger partial charge in [-0.15, -0.1) is 0 Å². The number of carbonyl (C=O) groups excluding carboxylic acids is 1. The predicted octanol–water partition coefficient (Wildman–Crippen LogP) is 5.48. The fraction of sp³-hybridized carbons (Fsp3) is 0.480. The first-order valence-corrected chi connectivity index (χ1v) is 12.9. The Morgan fingerprint density at radius 2 is 1.33 bits per heavy atom. The van der Waals surface area contributed by atoms with E-state index in [1.165, 1.54) is 51.0 Å². The summed E-state index contributed by atoms with van der Waals surface area (Å²) in [6.07, 6.45) is 30.8. The molecule has 0 aliphatic rings. The van der Waals surface area contributed by atoms with E-state index < -0.39 is 33.1 Å². The van der Waals surface area contributed by atoms with Crippen molar-refractivity contribution in [3.8, 4) is 0 Å². The molecule has 0 aromatic carbocycles. The summed E-state index contributed by atoms with van der Waals surface area (Å²) < 4.78 is 19.6. The molecule has 0 amide bonds. The summed E-state index contributed by atoms with van der Waals surface area (Å²) in [7, 11) is -4.69. The minimum atomic E-state index is -4.69. The van der Waals surface area contributed by atoms with E-state index >= 15 is 0 Å². The highest BCUT2D eigenvalue weighted by molar-refractivity contribution is 7.46. The highest BCUT2D eigenvalue weighted by atomic mass is 31.2. The van der Waals surface area contributed by atoms with Crippen LogP contribution in [0.4, 0.5) is 0 Å². The molecule has 0 saturated heterocycles.